The van der Waals surface area contributed by atoms with Gasteiger partial charge in [-0.3, -0.25) is 9.78 Å². The number of hydrogen-bond acceptors (Lipinski definition) is 4. The van der Waals surface area contributed by atoms with Crippen LogP contribution in [0.3, 0.4) is 0 Å². The summed E-state index contributed by atoms with van der Waals surface area (Å²) in [5.74, 6) is 0.496. The van der Waals surface area contributed by atoms with Crippen LogP contribution in [0.1, 0.15) is 23.3 Å². The van der Waals surface area contributed by atoms with Crippen LogP contribution >= 0.6 is 0 Å². The summed E-state index contributed by atoms with van der Waals surface area (Å²) in [4.78, 5) is 17.9. The number of carbonyl (C=O) groups is 1. The topological polar surface area (TPSA) is 71.2 Å². The Hall–Kier alpha value is -1.62. The first-order valence-electron chi connectivity index (χ1n) is 6.37. The first kappa shape index (κ1) is 12.8. The van der Waals surface area contributed by atoms with Crippen molar-refractivity contribution in [1.82, 2.24) is 10.3 Å². The van der Waals surface area contributed by atoms with Gasteiger partial charge in [-0.2, -0.15) is 0 Å². The quantitative estimate of drug-likeness (QED) is 0.822. The zero-order valence-corrected chi connectivity index (χ0v) is 10.7. The smallest absolute Gasteiger partial charge is 0.269 e. The van der Waals surface area contributed by atoms with Gasteiger partial charge < -0.3 is 16.0 Å². The number of pyridine rings is 1. The maximum Gasteiger partial charge on any atom is 0.269 e. The molecular formula is C13H20N4O. The third kappa shape index (κ3) is 2.79. The van der Waals surface area contributed by atoms with Crippen LogP contribution < -0.4 is 16.0 Å². The molecule has 1 aromatic heterocycles. The molecule has 5 nitrogen and oxygen atoms in total. The molecule has 0 bridgehead atoms. The Balaban J connectivity index is 2.07. The van der Waals surface area contributed by atoms with Gasteiger partial charge in [0.2, 0.25) is 0 Å². The summed E-state index contributed by atoms with van der Waals surface area (Å²) in [5, 5.41) is 2.59. The molecule has 0 aliphatic carbocycles. The van der Waals surface area contributed by atoms with E-state index in [9.17, 15) is 4.79 Å². The average molecular weight is 248 g/mol. The zero-order chi connectivity index (χ0) is 13.0. The highest BCUT2D eigenvalue weighted by atomic mass is 16.1. The van der Waals surface area contributed by atoms with Crippen LogP contribution in [-0.2, 0) is 0 Å². The van der Waals surface area contributed by atoms with Crippen LogP contribution in [0, 0.1) is 5.92 Å². The van der Waals surface area contributed by atoms with Gasteiger partial charge in [0.25, 0.3) is 5.91 Å². The summed E-state index contributed by atoms with van der Waals surface area (Å²) in [6, 6.07) is 3.80. The molecule has 3 N–H and O–H groups in total. The van der Waals surface area contributed by atoms with E-state index in [1.165, 1.54) is 0 Å². The Bertz CT molecular complexity index is 413. The molecule has 2 rings (SSSR count). The molecule has 0 aromatic carbocycles. The largest absolute Gasteiger partial charge is 0.371 e. The number of amides is 1. The van der Waals surface area contributed by atoms with E-state index in [2.05, 4.69) is 15.2 Å². The Labute approximate surface area is 107 Å². The summed E-state index contributed by atoms with van der Waals surface area (Å²) in [6.07, 6.45) is 3.93. The van der Waals surface area contributed by atoms with Gasteiger partial charge in [0.05, 0.1) is 0 Å². The number of nitrogens with two attached hydrogens (primary N) is 1. The van der Waals surface area contributed by atoms with Crippen molar-refractivity contribution in [3.8, 4) is 0 Å². The molecule has 18 heavy (non-hydrogen) atoms. The molecule has 1 amide bonds. The van der Waals surface area contributed by atoms with Crippen molar-refractivity contribution in [2.24, 2.45) is 11.7 Å². The van der Waals surface area contributed by atoms with Crippen LogP contribution in [0.4, 0.5) is 5.69 Å². The monoisotopic (exact) mass is 248 g/mol. The van der Waals surface area contributed by atoms with E-state index < -0.39 is 0 Å². The van der Waals surface area contributed by atoms with Gasteiger partial charge in [0.1, 0.15) is 5.69 Å². The molecule has 98 valence electrons. The second-order valence-corrected chi connectivity index (χ2v) is 4.64. The van der Waals surface area contributed by atoms with Crippen molar-refractivity contribution in [3.63, 3.8) is 0 Å². The first-order valence-corrected chi connectivity index (χ1v) is 6.37. The minimum absolute atomic E-state index is 0.145. The van der Waals surface area contributed by atoms with E-state index in [1.54, 1.807) is 13.2 Å². The van der Waals surface area contributed by atoms with E-state index in [0.717, 1.165) is 38.2 Å². The fourth-order valence-electron chi connectivity index (χ4n) is 2.30. The summed E-state index contributed by atoms with van der Waals surface area (Å²) < 4.78 is 0. The van der Waals surface area contributed by atoms with Gasteiger partial charge in [0, 0.05) is 32.0 Å². The Kier molecular flexibility index (Phi) is 4.15. The molecular weight excluding hydrogens is 228 g/mol. The highest BCUT2D eigenvalue weighted by Crippen LogP contribution is 2.22. The molecule has 5 heteroatoms. The highest BCUT2D eigenvalue weighted by molar-refractivity contribution is 5.92. The molecule has 0 atom stereocenters. The summed E-state index contributed by atoms with van der Waals surface area (Å²) in [5.41, 5.74) is 7.22. The summed E-state index contributed by atoms with van der Waals surface area (Å²) >= 11 is 0. The number of nitrogens with one attached hydrogen (secondary N) is 1. The molecule has 1 saturated heterocycles. The van der Waals surface area contributed by atoms with Gasteiger partial charge >= 0.3 is 0 Å². The number of anilines is 1. The van der Waals surface area contributed by atoms with Crippen molar-refractivity contribution in [2.75, 3.05) is 31.6 Å². The molecule has 0 unspecified atom stereocenters. The summed E-state index contributed by atoms with van der Waals surface area (Å²) in [6.45, 7) is 2.77. The molecule has 0 spiro atoms. The minimum Gasteiger partial charge on any atom is -0.371 e. The van der Waals surface area contributed by atoms with E-state index in [4.69, 9.17) is 5.73 Å². The maximum absolute atomic E-state index is 11.5. The van der Waals surface area contributed by atoms with Gasteiger partial charge in [-0.1, -0.05) is 0 Å². The molecule has 1 fully saturated rings. The van der Waals surface area contributed by atoms with Crippen LogP contribution in [0.15, 0.2) is 18.3 Å². The lowest BCUT2D eigenvalue weighted by atomic mass is 9.97. The molecule has 1 aliphatic rings. The number of piperidine rings is 1. The predicted molar refractivity (Wildman–Crippen MR) is 71.6 cm³/mol. The number of nitrogens with zero attached hydrogens (tertiary/aromatic N) is 2. The van der Waals surface area contributed by atoms with Crippen LogP contribution in [0.2, 0.25) is 0 Å². The van der Waals surface area contributed by atoms with Gasteiger partial charge in [-0.25, -0.2) is 0 Å². The number of rotatable bonds is 3. The molecule has 0 radical (unpaired) electrons. The predicted octanol–water partition coefficient (Wildman–Crippen LogP) is 0.616. The fourth-order valence-corrected chi connectivity index (χ4v) is 2.30. The molecule has 1 aliphatic heterocycles. The Morgan fingerprint density at radius 1 is 1.56 bits per heavy atom. The first-order chi connectivity index (χ1) is 8.74. The lowest BCUT2D eigenvalue weighted by Crippen LogP contribution is -2.36. The molecule has 0 saturated carbocycles. The fraction of sp³-hybridized carbons (Fsp3) is 0.538. The van der Waals surface area contributed by atoms with Gasteiger partial charge in [-0.15, -0.1) is 0 Å². The van der Waals surface area contributed by atoms with E-state index in [-0.39, 0.29) is 5.91 Å². The standard InChI is InChI=1S/C13H20N4O/c1-15-13(18)12-8-11(2-5-16-12)17-6-3-10(9-14)4-7-17/h2,5,8,10H,3-4,6-7,9,14H2,1H3,(H,15,18). The van der Waals surface area contributed by atoms with E-state index in [1.807, 2.05) is 12.1 Å². The van der Waals surface area contributed by atoms with Crippen molar-refractivity contribution >= 4 is 11.6 Å². The van der Waals surface area contributed by atoms with Crippen molar-refractivity contribution < 1.29 is 4.79 Å². The average Bonchev–Trinajstić information content (AvgIpc) is 2.46. The van der Waals surface area contributed by atoms with Crippen molar-refractivity contribution in [2.45, 2.75) is 12.8 Å². The SMILES string of the molecule is CNC(=O)c1cc(N2CCC(CN)CC2)ccn1. The van der Waals surface area contributed by atoms with Crippen molar-refractivity contribution in [1.29, 1.82) is 0 Å². The third-order valence-electron chi connectivity index (χ3n) is 3.52. The second-order valence-electron chi connectivity index (χ2n) is 4.64. The lowest BCUT2D eigenvalue weighted by molar-refractivity contribution is 0.0958. The van der Waals surface area contributed by atoms with Crippen LogP contribution in [0.25, 0.3) is 0 Å². The number of hydrogen-bond donors (Lipinski definition) is 2. The van der Waals surface area contributed by atoms with Crippen molar-refractivity contribution in [3.05, 3.63) is 24.0 Å². The van der Waals surface area contributed by atoms with Gasteiger partial charge in [-0.05, 0) is 37.4 Å². The maximum atomic E-state index is 11.5. The lowest BCUT2D eigenvalue weighted by Gasteiger charge is -2.33. The van der Waals surface area contributed by atoms with Crippen LogP contribution in [-0.4, -0.2) is 37.6 Å². The minimum atomic E-state index is -0.145. The number of carbonyl (C=O) groups excluding carboxylic acids is 1. The van der Waals surface area contributed by atoms with E-state index in [0.29, 0.717) is 11.6 Å². The third-order valence-corrected chi connectivity index (χ3v) is 3.52. The van der Waals surface area contributed by atoms with E-state index >= 15 is 0 Å². The Morgan fingerprint density at radius 2 is 2.28 bits per heavy atom. The zero-order valence-electron chi connectivity index (χ0n) is 10.7. The summed E-state index contributed by atoms with van der Waals surface area (Å²) in [7, 11) is 1.61. The van der Waals surface area contributed by atoms with Gasteiger partial charge in [0.15, 0.2) is 0 Å². The second kappa shape index (κ2) is 5.82. The van der Waals surface area contributed by atoms with Crippen LogP contribution in [0.5, 0.6) is 0 Å². The molecule has 2 heterocycles. The molecule has 1 aromatic rings. The normalized spacial score (nSPS) is 16.7. The Morgan fingerprint density at radius 3 is 2.89 bits per heavy atom. The number of aromatic nitrogens is 1. The highest BCUT2D eigenvalue weighted by Gasteiger charge is 2.19.